The van der Waals surface area contributed by atoms with Crippen LogP contribution in [0.1, 0.15) is 45.1 Å². The summed E-state index contributed by atoms with van der Waals surface area (Å²) >= 11 is 0. The Hall–Kier alpha value is -1.23. The first-order chi connectivity index (χ1) is 6.09. The van der Waals surface area contributed by atoms with Crippen LogP contribution in [-0.4, -0.2) is 9.97 Å². The molecule has 0 saturated carbocycles. The Morgan fingerprint density at radius 2 is 2.00 bits per heavy atom. The van der Waals surface area contributed by atoms with Crippen molar-refractivity contribution < 1.29 is 0 Å². The highest BCUT2D eigenvalue weighted by atomic mass is 14.9. The summed E-state index contributed by atoms with van der Waals surface area (Å²) in [5.74, 6) is 7.96. The monoisotopic (exact) mass is 176 g/mol. The number of rotatable bonds is 1. The van der Waals surface area contributed by atoms with Gasteiger partial charge in [-0.1, -0.05) is 33.6 Å². The molecule has 0 bridgehead atoms. The molecule has 0 aliphatic rings. The second-order valence-corrected chi connectivity index (χ2v) is 3.75. The molecule has 70 valence electrons. The van der Waals surface area contributed by atoms with Gasteiger partial charge in [0.25, 0.3) is 0 Å². The first-order valence-electron chi connectivity index (χ1n) is 4.66. The molecule has 2 nitrogen and oxygen atoms in total. The minimum Gasteiger partial charge on any atom is -0.347 e. The Bertz CT molecular complexity index is 323. The number of nitrogens with zero attached hydrogens (tertiary/aromatic N) is 1. The molecule has 0 unspecified atom stereocenters. The van der Waals surface area contributed by atoms with Gasteiger partial charge in [-0.05, 0) is 5.92 Å². The number of hydrogen-bond donors (Lipinski definition) is 1. The summed E-state index contributed by atoms with van der Waals surface area (Å²) in [6, 6.07) is 0. The lowest BCUT2D eigenvalue weighted by atomic mass is 10.2. The fraction of sp³-hybridized carbons (Fsp3) is 0.545. The molecule has 0 aliphatic heterocycles. The van der Waals surface area contributed by atoms with Crippen molar-refractivity contribution in [3.8, 4) is 11.8 Å². The van der Waals surface area contributed by atoms with Crippen molar-refractivity contribution in [1.82, 2.24) is 9.97 Å². The largest absolute Gasteiger partial charge is 0.347 e. The van der Waals surface area contributed by atoms with Crippen LogP contribution < -0.4 is 0 Å². The molecule has 0 radical (unpaired) electrons. The normalized spacial score (nSPS) is 10.3. The van der Waals surface area contributed by atoms with E-state index in [0.717, 1.165) is 11.5 Å². The van der Waals surface area contributed by atoms with Crippen molar-refractivity contribution >= 4 is 0 Å². The molecule has 0 spiro atoms. The molecule has 0 aliphatic carbocycles. The number of imidazole rings is 1. The van der Waals surface area contributed by atoms with Crippen molar-refractivity contribution in [1.29, 1.82) is 0 Å². The molecule has 0 aromatic carbocycles. The molecule has 0 fully saturated rings. The zero-order valence-electron chi connectivity index (χ0n) is 8.68. The van der Waals surface area contributed by atoms with Crippen LogP contribution in [0.3, 0.4) is 0 Å². The second kappa shape index (κ2) is 4.13. The van der Waals surface area contributed by atoms with Crippen molar-refractivity contribution in [2.24, 2.45) is 5.92 Å². The van der Waals surface area contributed by atoms with Crippen LogP contribution in [0, 0.1) is 17.8 Å². The van der Waals surface area contributed by atoms with Gasteiger partial charge in [0.15, 0.2) is 0 Å². The van der Waals surface area contributed by atoms with E-state index >= 15 is 0 Å². The fourth-order valence-corrected chi connectivity index (χ4v) is 0.915. The molecular formula is C11H16N2. The third-order valence-corrected chi connectivity index (χ3v) is 1.63. The SMILES string of the molecule is CC(C)C#Cc1c[nH]c(C(C)C)n1. The highest BCUT2D eigenvalue weighted by Crippen LogP contribution is 2.08. The van der Waals surface area contributed by atoms with Crippen LogP contribution in [0.25, 0.3) is 0 Å². The van der Waals surface area contributed by atoms with Gasteiger partial charge in [0, 0.05) is 18.0 Å². The first kappa shape index (κ1) is 9.85. The molecule has 1 aromatic heterocycles. The zero-order valence-corrected chi connectivity index (χ0v) is 8.68. The van der Waals surface area contributed by atoms with E-state index in [2.05, 4.69) is 49.5 Å². The maximum absolute atomic E-state index is 4.35. The van der Waals surface area contributed by atoms with Gasteiger partial charge in [0.2, 0.25) is 0 Å². The standard InChI is InChI=1S/C11H16N2/c1-8(2)5-6-10-7-12-11(13-10)9(3)4/h7-9H,1-4H3,(H,12,13). The summed E-state index contributed by atoms with van der Waals surface area (Å²) in [7, 11) is 0. The van der Waals surface area contributed by atoms with E-state index in [1.54, 1.807) is 0 Å². The number of nitrogens with one attached hydrogen (secondary N) is 1. The van der Waals surface area contributed by atoms with Gasteiger partial charge in [-0.2, -0.15) is 0 Å². The summed E-state index contributed by atoms with van der Waals surface area (Å²) in [4.78, 5) is 7.47. The number of hydrogen-bond acceptors (Lipinski definition) is 1. The Morgan fingerprint density at radius 3 is 2.46 bits per heavy atom. The lowest BCUT2D eigenvalue weighted by Crippen LogP contribution is -1.89. The average Bonchev–Trinajstić information content (AvgIpc) is 2.48. The summed E-state index contributed by atoms with van der Waals surface area (Å²) in [5.41, 5.74) is 0.845. The van der Waals surface area contributed by atoms with Crippen LogP contribution in [0.4, 0.5) is 0 Å². The Morgan fingerprint density at radius 1 is 1.31 bits per heavy atom. The summed E-state index contributed by atoms with van der Waals surface area (Å²) in [6.07, 6.45) is 1.87. The lowest BCUT2D eigenvalue weighted by molar-refractivity contribution is 0.793. The molecule has 13 heavy (non-hydrogen) atoms. The van der Waals surface area contributed by atoms with Gasteiger partial charge in [0.05, 0.1) is 0 Å². The van der Waals surface area contributed by atoms with Gasteiger partial charge in [-0.15, -0.1) is 0 Å². The molecule has 0 saturated heterocycles. The van der Waals surface area contributed by atoms with Gasteiger partial charge in [-0.25, -0.2) is 4.98 Å². The van der Waals surface area contributed by atoms with E-state index in [1.165, 1.54) is 0 Å². The van der Waals surface area contributed by atoms with Gasteiger partial charge >= 0.3 is 0 Å². The Balaban J connectivity index is 2.77. The van der Waals surface area contributed by atoms with Gasteiger partial charge < -0.3 is 4.98 Å². The quantitative estimate of drug-likeness (QED) is 0.654. The molecule has 0 amide bonds. The number of aromatic amines is 1. The first-order valence-corrected chi connectivity index (χ1v) is 4.66. The average molecular weight is 176 g/mol. The van der Waals surface area contributed by atoms with Crippen LogP contribution >= 0.6 is 0 Å². The van der Waals surface area contributed by atoms with E-state index in [1.807, 2.05) is 6.20 Å². The lowest BCUT2D eigenvalue weighted by Gasteiger charge is -1.95. The van der Waals surface area contributed by atoms with E-state index in [-0.39, 0.29) is 0 Å². The van der Waals surface area contributed by atoms with Crippen LogP contribution in [0.15, 0.2) is 6.20 Å². The smallest absolute Gasteiger partial charge is 0.131 e. The predicted molar refractivity (Wildman–Crippen MR) is 54.4 cm³/mol. The van der Waals surface area contributed by atoms with E-state index in [0.29, 0.717) is 11.8 Å². The maximum atomic E-state index is 4.35. The van der Waals surface area contributed by atoms with E-state index in [4.69, 9.17) is 0 Å². The van der Waals surface area contributed by atoms with E-state index in [9.17, 15) is 0 Å². The summed E-state index contributed by atoms with van der Waals surface area (Å²) < 4.78 is 0. The number of H-pyrrole nitrogens is 1. The highest BCUT2D eigenvalue weighted by Gasteiger charge is 2.02. The third kappa shape index (κ3) is 2.95. The van der Waals surface area contributed by atoms with Gasteiger partial charge in [-0.3, -0.25) is 0 Å². The molecule has 0 atom stereocenters. The molecular weight excluding hydrogens is 160 g/mol. The minimum atomic E-state index is 0.402. The third-order valence-electron chi connectivity index (χ3n) is 1.63. The fourth-order valence-electron chi connectivity index (χ4n) is 0.915. The van der Waals surface area contributed by atoms with Gasteiger partial charge in [0.1, 0.15) is 11.5 Å². The van der Waals surface area contributed by atoms with Crippen molar-refractivity contribution in [2.45, 2.75) is 33.6 Å². The Kier molecular flexibility index (Phi) is 3.13. The Labute approximate surface area is 79.8 Å². The second-order valence-electron chi connectivity index (χ2n) is 3.75. The topological polar surface area (TPSA) is 28.7 Å². The summed E-state index contributed by atoms with van der Waals surface area (Å²) in [6.45, 7) is 8.36. The van der Waals surface area contributed by atoms with Crippen LogP contribution in [0.2, 0.25) is 0 Å². The number of aromatic nitrogens is 2. The van der Waals surface area contributed by atoms with Crippen molar-refractivity contribution in [3.05, 3.63) is 17.7 Å². The summed E-state index contributed by atoms with van der Waals surface area (Å²) in [5, 5.41) is 0. The molecule has 1 aromatic rings. The van der Waals surface area contributed by atoms with Crippen molar-refractivity contribution in [2.75, 3.05) is 0 Å². The molecule has 1 rings (SSSR count). The maximum Gasteiger partial charge on any atom is 0.131 e. The highest BCUT2D eigenvalue weighted by molar-refractivity contribution is 5.26. The zero-order chi connectivity index (χ0) is 9.84. The van der Waals surface area contributed by atoms with Crippen molar-refractivity contribution in [3.63, 3.8) is 0 Å². The molecule has 1 N–H and O–H groups in total. The minimum absolute atomic E-state index is 0.402. The van der Waals surface area contributed by atoms with Crippen LogP contribution in [-0.2, 0) is 0 Å². The van der Waals surface area contributed by atoms with Crippen LogP contribution in [0.5, 0.6) is 0 Å². The van der Waals surface area contributed by atoms with E-state index < -0.39 is 0 Å². The predicted octanol–water partition coefficient (Wildman–Crippen LogP) is 2.54. The molecule has 1 heterocycles. The molecule has 2 heteroatoms.